The van der Waals surface area contributed by atoms with Crippen LogP contribution in [0.25, 0.3) is 0 Å². The summed E-state index contributed by atoms with van der Waals surface area (Å²) in [5.41, 5.74) is 0. The highest BCUT2D eigenvalue weighted by Crippen LogP contribution is 2.40. The van der Waals surface area contributed by atoms with Crippen molar-refractivity contribution in [2.45, 2.75) is 38.9 Å². The van der Waals surface area contributed by atoms with E-state index in [1.807, 2.05) is 18.2 Å². The van der Waals surface area contributed by atoms with Gasteiger partial charge < -0.3 is 9.16 Å². The molecule has 0 unspecified atom stereocenters. The van der Waals surface area contributed by atoms with E-state index in [1.165, 1.54) is 0 Å². The largest absolute Gasteiger partial charge is 0.541 e. The molecular formula is C13H21BrO2Si. The molecule has 2 nitrogen and oxygen atoms in total. The number of hydrogen-bond acceptors (Lipinski definition) is 2. The summed E-state index contributed by atoms with van der Waals surface area (Å²) in [6.07, 6.45) is 0. The Morgan fingerprint density at radius 2 is 1.71 bits per heavy atom. The zero-order valence-corrected chi connectivity index (χ0v) is 14.0. The first-order valence-corrected chi connectivity index (χ1v) is 9.40. The van der Waals surface area contributed by atoms with Gasteiger partial charge in [0.1, 0.15) is 5.75 Å². The maximum absolute atomic E-state index is 6.24. The van der Waals surface area contributed by atoms with Crippen LogP contribution in [0, 0.1) is 0 Å². The highest BCUT2D eigenvalue weighted by atomic mass is 79.9. The molecule has 0 atom stereocenters. The second-order valence-electron chi connectivity index (χ2n) is 5.66. The number of methoxy groups -OCH3 is 1. The van der Waals surface area contributed by atoms with Gasteiger partial charge in [-0.25, -0.2) is 0 Å². The maximum Gasteiger partial charge on any atom is 0.250 e. The first kappa shape index (κ1) is 14.6. The fourth-order valence-corrected chi connectivity index (χ4v) is 2.52. The summed E-state index contributed by atoms with van der Waals surface area (Å²) < 4.78 is 12.6. The van der Waals surface area contributed by atoms with Crippen molar-refractivity contribution < 1.29 is 9.16 Å². The first-order valence-electron chi connectivity index (χ1n) is 5.70. The molecule has 4 heteroatoms. The minimum Gasteiger partial charge on any atom is -0.541 e. The van der Waals surface area contributed by atoms with Crippen LogP contribution in [0.1, 0.15) is 20.8 Å². The molecule has 0 spiro atoms. The van der Waals surface area contributed by atoms with E-state index in [-0.39, 0.29) is 5.04 Å². The van der Waals surface area contributed by atoms with Crippen LogP contribution >= 0.6 is 15.9 Å². The van der Waals surface area contributed by atoms with Crippen molar-refractivity contribution in [2.75, 3.05) is 7.11 Å². The van der Waals surface area contributed by atoms with Crippen LogP contribution in [0.5, 0.6) is 11.5 Å². The van der Waals surface area contributed by atoms with Crippen molar-refractivity contribution in [3.05, 3.63) is 22.7 Å². The number of benzene rings is 1. The summed E-state index contributed by atoms with van der Waals surface area (Å²) in [5, 5.41) is 0.186. The van der Waals surface area contributed by atoms with E-state index < -0.39 is 8.32 Å². The normalized spacial score (nSPS) is 12.4. The second kappa shape index (κ2) is 5.02. The van der Waals surface area contributed by atoms with Gasteiger partial charge in [-0.2, -0.15) is 0 Å². The van der Waals surface area contributed by atoms with Crippen LogP contribution in [0.3, 0.4) is 0 Å². The summed E-state index contributed by atoms with van der Waals surface area (Å²) in [6.45, 7) is 11.1. The molecule has 0 aromatic heterocycles. The smallest absolute Gasteiger partial charge is 0.250 e. The highest BCUT2D eigenvalue weighted by molar-refractivity contribution is 9.10. The minimum absolute atomic E-state index is 0.186. The molecule has 1 aromatic carbocycles. The lowest BCUT2D eigenvalue weighted by molar-refractivity contribution is 0.385. The predicted molar refractivity (Wildman–Crippen MR) is 78.5 cm³/mol. The van der Waals surface area contributed by atoms with E-state index >= 15 is 0 Å². The molecule has 0 fully saturated rings. The van der Waals surface area contributed by atoms with Crippen LogP contribution in [0.4, 0.5) is 0 Å². The summed E-state index contributed by atoms with van der Waals surface area (Å²) in [6, 6.07) is 5.87. The average Bonchev–Trinajstić information content (AvgIpc) is 2.18. The molecule has 0 amide bonds. The number of ether oxygens (including phenoxy) is 1. The SMILES string of the molecule is COc1cc(Br)ccc1O[Si](C)(C)C(C)(C)C. The van der Waals surface area contributed by atoms with Crippen molar-refractivity contribution in [3.63, 3.8) is 0 Å². The lowest BCUT2D eigenvalue weighted by Gasteiger charge is -2.36. The molecule has 0 saturated carbocycles. The van der Waals surface area contributed by atoms with Gasteiger partial charge in [0, 0.05) is 4.47 Å². The average molecular weight is 317 g/mol. The lowest BCUT2D eigenvalue weighted by Crippen LogP contribution is -2.43. The zero-order valence-electron chi connectivity index (χ0n) is 11.4. The molecule has 96 valence electrons. The molecule has 0 bridgehead atoms. The summed E-state index contributed by atoms with van der Waals surface area (Å²) in [4.78, 5) is 0. The lowest BCUT2D eigenvalue weighted by atomic mass is 10.2. The topological polar surface area (TPSA) is 18.5 Å². The van der Waals surface area contributed by atoms with Crippen LogP contribution in [0.15, 0.2) is 22.7 Å². The predicted octanol–water partition coefficient (Wildman–Crippen LogP) is 4.84. The third-order valence-corrected chi connectivity index (χ3v) is 8.13. The van der Waals surface area contributed by atoms with E-state index in [4.69, 9.17) is 9.16 Å². The van der Waals surface area contributed by atoms with Crippen molar-refractivity contribution >= 4 is 24.2 Å². The maximum atomic E-state index is 6.24. The standard InChI is InChI=1S/C13H21BrO2Si/c1-13(2,3)17(5,6)16-11-8-7-10(14)9-12(11)15-4/h7-9H,1-6H3. The minimum atomic E-state index is -1.81. The van der Waals surface area contributed by atoms with E-state index in [0.29, 0.717) is 0 Å². The molecular weight excluding hydrogens is 296 g/mol. The highest BCUT2D eigenvalue weighted by Gasteiger charge is 2.39. The van der Waals surface area contributed by atoms with E-state index in [1.54, 1.807) is 7.11 Å². The van der Waals surface area contributed by atoms with Crippen molar-refractivity contribution in [3.8, 4) is 11.5 Å². The van der Waals surface area contributed by atoms with Crippen LogP contribution in [0.2, 0.25) is 18.1 Å². The number of halogens is 1. The Labute approximate surface area is 114 Å². The first-order chi connectivity index (χ1) is 7.67. The van der Waals surface area contributed by atoms with Crippen LogP contribution < -0.4 is 9.16 Å². The summed E-state index contributed by atoms with van der Waals surface area (Å²) in [5.74, 6) is 1.62. The Morgan fingerprint density at radius 3 is 2.18 bits per heavy atom. The third kappa shape index (κ3) is 3.49. The van der Waals surface area contributed by atoms with Crippen LogP contribution in [-0.4, -0.2) is 15.4 Å². The Hall–Kier alpha value is -0.483. The quantitative estimate of drug-likeness (QED) is 0.743. The fourth-order valence-electron chi connectivity index (χ4n) is 1.15. The van der Waals surface area contributed by atoms with Gasteiger partial charge in [-0.3, -0.25) is 0 Å². The van der Waals surface area contributed by atoms with Gasteiger partial charge in [0.15, 0.2) is 5.75 Å². The van der Waals surface area contributed by atoms with Gasteiger partial charge in [-0.05, 0) is 36.3 Å². The van der Waals surface area contributed by atoms with Crippen LogP contribution in [-0.2, 0) is 0 Å². The third-order valence-electron chi connectivity index (χ3n) is 3.30. The Balaban J connectivity index is 3.03. The van der Waals surface area contributed by atoms with Gasteiger partial charge in [0.25, 0.3) is 8.32 Å². The Bertz CT molecular complexity index is 397. The Morgan fingerprint density at radius 1 is 1.12 bits per heavy atom. The Kier molecular flexibility index (Phi) is 4.31. The molecule has 0 aliphatic rings. The van der Waals surface area contributed by atoms with E-state index in [2.05, 4.69) is 49.8 Å². The molecule has 1 aromatic rings. The van der Waals surface area contributed by atoms with Crippen molar-refractivity contribution in [1.29, 1.82) is 0 Å². The number of rotatable bonds is 3. The van der Waals surface area contributed by atoms with Gasteiger partial charge in [0.05, 0.1) is 7.11 Å². The summed E-state index contributed by atoms with van der Waals surface area (Å²) >= 11 is 3.43. The number of hydrogen-bond donors (Lipinski definition) is 0. The van der Waals surface area contributed by atoms with Gasteiger partial charge in [-0.15, -0.1) is 0 Å². The monoisotopic (exact) mass is 316 g/mol. The molecule has 0 N–H and O–H groups in total. The van der Waals surface area contributed by atoms with E-state index in [0.717, 1.165) is 16.0 Å². The van der Waals surface area contributed by atoms with Crippen molar-refractivity contribution in [2.24, 2.45) is 0 Å². The zero-order chi connectivity index (χ0) is 13.3. The van der Waals surface area contributed by atoms with Crippen molar-refractivity contribution in [1.82, 2.24) is 0 Å². The molecule has 0 saturated heterocycles. The molecule has 0 aliphatic carbocycles. The van der Waals surface area contributed by atoms with E-state index in [9.17, 15) is 0 Å². The van der Waals surface area contributed by atoms with Gasteiger partial charge in [0.2, 0.25) is 0 Å². The van der Waals surface area contributed by atoms with Gasteiger partial charge in [-0.1, -0.05) is 36.7 Å². The fraction of sp³-hybridized carbons (Fsp3) is 0.538. The molecule has 0 aliphatic heterocycles. The molecule has 0 heterocycles. The molecule has 17 heavy (non-hydrogen) atoms. The molecule has 0 radical (unpaired) electrons. The summed E-state index contributed by atoms with van der Waals surface area (Å²) in [7, 11) is -0.139. The molecule has 1 rings (SSSR count). The second-order valence-corrected chi connectivity index (χ2v) is 11.3. The van der Waals surface area contributed by atoms with Gasteiger partial charge >= 0.3 is 0 Å².